The summed E-state index contributed by atoms with van der Waals surface area (Å²) >= 11 is 6.92. The van der Waals surface area contributed by atoms with Gasteiger partial charge < -0.3 is 24.7 Å². The highest BCUT2D eigenvalue weighted by Gasteiger charge is 2.27. The van der Waals surface area contributed by atoms with E-state index in [1.54, 1.807) is 25.4 Å². The number of amidine groups is 1. The first-order chi connectivity index (χ1) is 19.4. The molecule has 2 aliphatic heterocycles. The van der Waals surface area contributed by atoms with Crippen LogP contribution < -0.4 is 5.32 Å². The summed E-state index contributed by atoms with van der Waals surface area (Å²) in [6.45, 7) is 6.93. The monoisotopic (exact) mass is 599 g/mol. The fourth-order valence-electron chi connectivity index (χ4n) is 3.52. The number of thiazole rings is 1. The third kappa shape index (κ3) is 13.2. The van der Waals surface area contributed by atoms with Crippen molar-refractivity contribution in [2.45, 2.75) is 13.0 Å². The highest BCUT2D eigenvalue weighted by molar-refractivity contribution is 7.11. The number of aromatic nitrogens is 1. The van der Waals surface area contributed by atoms with Crippen LogP contribution in [0.15, 0.2) is 52.1 Å². The van der Waals surface area contributed by atoms with Gasteiger partial charge in [0.2, 0.25) is 0 Å². The van der Waals surface area contributed by atoms with Crippen molar-refractivity contribution in [2.75, 3.05) is 73.8 Å². The Balaban J connectivity index is 0.000000472. The van der Waals surface area contributed by atoms with Gasteiger partial charge in [0.15, 0.2) is 10.8 Å². The lowest BCUT2D eigenvalue weighted by atomic mass is 10.1. The number of halogens is 2. The van der Waals surface area contributed by atoms with Gasteiger partial charge in [-0.05, 0) is 32.2 Å². The van der Waals surface area contributed by atoms with Crippen LogP contribution in [-0.2, 0) is 19.1 Å². The highest BCUT2D eigenvalue weighted by Crippen LogP contribution is 2.16. The summed E-state index contributed by atoms with van der Waals surface area (Å²) in [4.78, 5) is 35.2. The number of likely N-dealkylation sites (N-methyl/N-ethyl adjacent to an activating group) is 1. The van der Waals surface area contributed by atoms with Crippen LogP contribution in [0.2, 0.25) is 5.02 Å². The molecular weight excluding hydrogens is 561 g/mol. The number of ether oxygens (including phenoxy) is 2. The Hall–Kier alpha value is -2.58. The summed E-state index contributed by atoms with van der Waals surface area (Å²) in [5, 5.41) is 13.5. The van der Waals surface area contributed by atoms with E-state index in [-0.39, 0.29) is 11.9 Å². The first kappa shape index (κ1) is 35.4. The van der Waals surface area contributed by atoms with Crippen molar-refractivity contribution >= 4 is 41.3 Å². The van der Waals surface area contributed by atoms with E-state index in [1.165, 1.54) is 23.5 Å². The van der Waals surface area contributed by atoms with Gasteiger partial charge >= 0.3 is 0 Å². The maximum atomic E-state index is 12.1. The zero-order valence-corrected chi connectivity index (χ0v) is 25.0. The van der Waals surface area contributed by atoms with Crippen molar-refractivity contribution in [3.63, 3.8) is 0 Å². The van der Waals surface area contributed by atoms with Gasteiger partial charge in [0.25, 0.3) is 0 Å². The van der Waals surface area contributed by atoms with Crippen molar-refractivity contribution in [3.8, 4) is 0 Å². The van der Waals surface area contributed by atoms with E-state index in [0.29, 0.717) is 49.3 Å². The molecule has 2 aromatic rings. The molecule has 0 aliphatic carbocycles. The van der Waals surface area contributed by atoms with Crippen LogP contribution in [0.25, 0.3) is 0 Å². The third-order valence-electron chi connectivity index (χ3n) is 5.54. The number of morpholine rings is 1. The number of methoxy groups -OCH3 is 1. The number of rotatable bonds is 9. The van der Waals surface area contributed by atoms with E-state index in [0.717, 1.165) is 50.1 Å². The molecule has 0 saturated carbocycles. The van der Waals surface area contributed by atoms with Gasteiger partial charge in [-0.1, -0.05) is 17.7 Å². The van der Waals surface area contributed by atoms with Crippen LogP contribution in [0, 0.1) is 5.82 Å². The normalized spacial score (nSPS) is 16.7. The van der Waals surface area contributed by atoms with E-state index in [4.69, 9.17) is 21.4 Å². The smallest absolute Gasteiger partial charge is 0.162 e. The third-order valence-corrected chi connectivity index (χ3v) is 6.55. The first-order valence-corrected chi connectivity index (χ1v) is 13.8. The number of carbonyl (C=O) groups excluding carboxylic acids is 2. The standard InChI is InChI=1S/C17H23N5O3S.C6H4ClF.C3H8O.CH4O/c1-21(3-5-23)9-14-12-25-6-4-22(14)10-15-13(11-24)8-19-16(20-15)17-18-2-7-26-17;7-5-2-1-3-6(8)4-5;1-3-4-2;1-2/h2,5,7,11,14H,3-4,6,8-10,12H2,1H3,(H,19,20);1-4H;3H2,1-2H3;2H,1H3. The number of aldehydes is 2. The molecule has 2 N–H and O–H groups in total. The van der Waals surface area contributed by atoms with Gasteiger partial charge in [-0.25, -0.2) is 9.37 Å². The van der Waals surface area contributed by atoms with Crippen LogP contribution in [0.5, 0.6) is 0 Å². The lowest BCUT2D eigenvalue weighted by Crippen LogP contribution is -2.52. The van der Waals surface area contributed by atoms with Crippen LogP contribution in [-0.4, -0.2) is 118 Å². The van der Waals surface area contributed by atoms with Crippen LogP contribution in [0.3, 0.4) is 0 Å². The number of hydrogen-bond donors (Lipinski definition) is 2. The molecule has 40 heavy (non-hydrogen) atoms. The Kier molecular flexibility index (Phi) is 18.8. The zero-order chi connectivity index (χ0) is 29.8. The molecule has 222 valence electrons. The molecule has 1 fully saturated rings. The van der Waals surface area contributed by atoms with Crippen LogP contribution in [0.1, 0.15) is 11.9 Å². The van der Waals surface area contributed by atoms with Crippen LogP contribution in [0.4, 0.5) is 4.39 Å². The molecule has 1 atom stereocenters. The summed E-state index contributed by atoms with van der Waals surface area (Å²) in [7, 11) is 4.60. The van der Waals surface area contributed by atoms with Crippen molar-refractivity contribution in [1.29, 1.82) is 0 Å². The van der Waals surface area contributed by atoms with Crippen molar-refractivity contribution in [1.82, 2.24) is 20.1 Å². The molecule has 2 aliphatic rings. The zero-order valence-electron chi connectivity index (χ0n) is 23.4. The quantitative estimate of drug-likeness (QED) is 0.419. The number of benzene rings is 1. The maximum Gasteiger partial charge on any atom is 0.162 e. The van der Waals surface area contributed by atoms with Gasteiger partial charge in [-0.2, -0.15) is 0 Å². The summed E-state index contributed by atoms with van der Waals surface area (Å²) in [5.41, 5.74) is 1.53. The molecule has 1 unspecified atom stereocenters. The highest BCUT2D eigenvalue weighted by atomic mass is 35.5. The number of hydrogen-bond acceptors (Lipinski definition) is 11. The fourth-order valence-corrected chi connectivity index (χ4v) is 4.30. The number of aliphatic hydroxyl groups excluding tert-OH is 1. The fraction of sp³-hybridized carbons (Fsp3) is 0.481. The van der Waals surface area contributed by atoms with Crippen molar-refractivity contribution < 1.29 is 28.6 Å². The minimum absolute atomic E-state index is 0.165. The molecule has 0 radical (unpaired) electrons. The largest absolute Gasteiger partial charge is 0.400 e. The number of aliphatic imine (C=N–C) groups is 1. The Morgan fingerprint density at radius 1 is 1.38 bits per heavy atom. The van der Waals surface area contributed by atoms with Gasteiger partial charge in [0.1, 0.15) is 18.4 Å². The molecule has 4 rings (SSSR count). The molecule has 3 heterocycles. The van der Waals surface area contributed by atoms with Gasteiger partial charge in [0.05, 0.1) is 26.3 Å². The predicted octanol–water partition coefficient (Wildman–Crippen LogP) is 2.52. The molecule has 10 nitrogen and oxygen atoms in total. The van der Waals surface area contributed by atoms with Crippen molar-refractivity contribution in [3.05, 3.63) is 63.0 Å². The van der Waals surface area contributed by atoms with Gasteiger partial charge in [0, 0.05) is 74.4 Å². The summed E-state index contributed by atoms with van der Waals surface area (Å²) in [6.07, 6.45) is 3.52. The second-order valence-electron chi connectivity index (χ2n) is 8.35. The molecule has 13 heteroatoms. The number of aliphatic hydroxyl groups is 1. The summed E-state index contributed by atoms with van der Waals surface area (Å²) in [5.74, 6) is 0.418. The molecular formula is C27H39ClFN5O5S. The van der Waals surface area contributed by atoms with Gasteiger partial charge in [-0.3, -0.25) is 19.6 Å². The Morgan fingerprint density at radius 3 is 2.67 bits per heavy atom. The Morgan fingerprint density at radius 2 is 2.12 bits per heavy atom. The van der Waals surface area contributed by atoms with E-state index in [1.807, 2.05) is 24.3 Å². The number of nitrogens with one attached hydrogen (secondary N) is 1. The van der Waals surface area contributed by atoms with E-state index < -0.39 is 0 Å². The van der Waals surface area contributed by atoms with E-state index >= 15 is 0 Å². The second-order valence-corrected chi connectivity index (χ2v) is 9.68. The molecule has 1 saturated heterocycles. The first-order valence-electron chi connectivity index (χ1n) is 12.6. The van der Waals surface area contributed by atoms with E-state index in [9.17, 15) is 14.0 Å². The lowest BCUT2D eigenvalue weighted by Gasteiger charge is -2.38. The SMILES string of the molecule is CCOC.CN(CC=O)CC1COCCN1CC1=C(C=O)CN=C(c2nccs2)N1.CO.Fc1cccc(Cl)c1. The Labute approximate surface area is 244 Å². The van der Waals surface area contributed by atoms with E-state index in [2.05, 4.69) is 24.9 Å². The Bertz CT molecular complexity index is 1040. The predicted molar refractivity (Wildman–Crippen MR) is 157 cm³/mol. The molecule has 1 aromatic heterocycles. The van der Waals surface area contributed by atoms with Crippen LogP contribution >= 0.6 is 22.9 Å². The average Bonchev–Trinajstić information content (AvgIpc) is 3.51. The summed E-state index contributed by atoms with van der Waals surface area (Å²) in [6, 6.07) is 5.98. The molecule has 1 aromatic carbocycles. The minimum atomic E-state index is -0.294. The molecule has 0 bridgehead atoms. The average molecular weight is 600 g/mol. The van der Waals surface area contributed by atoms with Crippen molar-refractivity contribution in [2.24, 2.45) is 4.99 Å². The molecule has 0 spiro atoms. The summed E-state index contributed by atoms with van der Waals surface area (Å²) < 4.78 is 22.2. The lowest BCUT2D eigenvalue weighted by molar-refractivity contribution is -0.109. The minimum Gasteiger partial charge on any atom is -0.400 e. The number of nitrogens with zero attached hydrogens (tertiary/aromatic N) is 4. The number of carbonyl (C=O) groups is 2. The maximum absolute atomic E-state index is 12.1. The van der Waals surface area contributed by atoms with Gasteiger partial charge in [-0.15, -0.1) is 11.3 Å². The topological polar surface area (TPSA) is 117 Å². The molecule has 0 amide bonds. The second kappa shape index (κ2) is 21.2.